The number of amides is 1. The monoisotopic (exact) mass is 327 g/mol. The maximum Gasteiger partial charge on any atom is 0.253 e. The topological polar surface area (TPSA) is 46.1 Å². The maximum atomic E-state index is 12.6. The van der Waals surface area contributed by atoms with Gasteiger partial charge < -0.3 is 4.90 Å². The van der Waals surface area contributed by atoms with Crippen LogP contribution in [0.4, 0.5) is 0 Å². The van der Waals surface area contributed by atoms with E-state index in [9.17, 15) is 4.79 Å². The molecule has 0 radical (unpaired) electrons. The number of likely N-dealkylation sites (tertiary alicyclic amines) is 1. The predicted octanol–water partition coefficient (Wildman–Crippen LogP) is 3.74. The summed E-state index contributed by atoms with van der Waals surface area (Å²) in [6, 6.07) is 7.86. The molecule has 0 bridgehead atoms. The highest BCUT2D eigenvalue weighted by atomic mass is 32.1. The van der Waals surface area contributed by atoms with Gasteiger partial charge in [-0.2, -0.15) is 0 Å². The van der Waals surface area contributed by atoms with E-state index in [0.717, 1.165) is 31.5 Å². The summed E-state index contributed by atoms with van der Waals surface area (Å²) in [6.07, 6.45) is 4.55. The molecule has 1 saturated heterocycles. The summed E-state index contributed by atoms with van der Waals surface area (Å²) >= 11 is 1.79. The molecule has 2 heterocycles. The van der Waals surface area contributed by atoms with Gasteiger partial charge in [0.1, 0.15) is 10.0 Å². The van der Waals surface area contributed by atoms with Gasteiger partial charge in [-0.1, -0.05) is 17.7 Å². The van der Waals surface area contributed by atoms with E-state index in [2.05, 4.69) is 10.2 Å². The van der Waals surface area contributed by atoms with E-state index in [4.69, 9.17) is 0 Å². The number of aryl methyl sites for hydroxylation is 1. The molecule has 2 aromatic rings. The quantitative estimate of drug-likeness (QED) is 0.862. The van der Waals surface area contributed by atoms with E-state index >= 15 is 0 Å². The summed E-state index contributed by atoms with van der Waals surface area (Å²) in [5.74, 6) is 1.31. The van der Waals surface area contributed by atoms with E-state index in [0.29, 0.717) is 11.8 Å². The molecule has 4 nitrogen and oxygen atoms in total. The van der Waals surface area contributed by atoms with Crippen molar-refractivity contribution in [2.75, 3.05) is 13.1 Å². The van der Waals surface area contributed by atoms with Crippen molar-refractivity contribution in [2.24, 2.45) is 0 Å². The largest absolute Gasteiger partial charge is 0.339 e. The fraction of sp³-hybridized carbons (Fsp3) is 0.500. The molecule has 1 saturated carbocycles. The molecule has 4 rings (SSSR count). The second-order valence-electron chi connectivity index (χ2n) is 6.69. The van der Waals surface area contributed by atoms with Crippen LogP contribution in [0.2, 0.25) is 0 Å². The zero-order chi connectivity index (χ0) is 15.8. The van der Waals surface area contributed by atoms with Crippen molar-refractivity contribution < 1.29 is 4.79 Å². The van der Waals surface area contributed by atoms with E-state index in [1.807, 2.05) is 36.1 Å². The van der Waals surface area contributed by atoms with Crippen LogP contribution in [0.3, 0.4) is 0 Å². The average Bonchev–Trinajstić information content (AvgIpc) is 3.32. The van der Waals surface area contributed by atoms with E-state index in [1.54, 1.807) is 11.3 Å². The number of carbonyl (C=O) groups is 1. The molecule has 0 unspecified atom stereocenters. The standard InChI is InChI=1S/C18H21N3OS/c1-12-2-4-15(5-3-12)18(22)21-10-8-14(9-11-21)17-20-19-16(23-17)13-6-7-13/h2-5,13-14H,6-11H2,1H3. The average molecular weight is 327 g/mol. The van der Waals surface area contributed by atoms with Crippen LogP contribution in [-0.4, -0.2) is 34.1 Å². The molecule has 1 amide bonds. The van der Waals surface area contributed by atoms with Crippen LogP contribution in [0.15, 0.2) is 24.3 Å². The normalized spacial score (nSPS) is 19.1. The molecular formula is C18H21N3OS. The molecule has 1 aliphatic carbocycles. The van der Waals surface area contributed by atoms with Gasteiger partial charge in [0.25, 0.3) is 5.91 Å². The lowest BCUT2D eigenvalue weighted by molar-refractivity contribution is 0.0713. The molecular weight excluding hydrogens is 306 g/mol. The van der Waals surface area contributed by atoms with Crippen LogP contribution in [0.1, 0.15) is 63.5 Å². The third kappa shape index (κ3) is 3.15. The lowest BCUT2D eigenvalue weighted by Gasteiger charge is -2.31. The van der Waals surface area contributed by atoms with E-state index in [1.165, 1.54) is 28.4 Å². The first kappa shape index (κ1) is 14.8. The fourth-order valence-corrected chi connectivity index (χ4v) is 4.30. The van der Waals surface area contributed by atoms with Crippen molar-refractivity contribution in [3.8, 4) is 0 Å². The van der Waals surface area contributed by atoms with Gasteiger partial charge >= 0.3 is 0 Å². The Labute approximate surface area is 140 Å². The molecule has 0 N–H and O–H groups in total. The predicted molar refractivity (Wildman–Crippen MR) is 90.9 cm³/mol. The van der Waals surface area contributed by atoms with Gasteiger partial charge in [-0.05, 0) is 44.7 Å². The second-order valence-corrected chi connectivity index (χ2v) is 7.73. The van der Waals surface area contributed by atoms with Crippen LogP contribution in [0.5, 0.6) is 0 Å². The van der Waals surface area contributed by atoms with Crippen LogP contribution in [0.25, 0.3) is 0 Å². The van der Waals surface area contributed by atoms with Crippen molar-refractivity contribution in [1.82, 2.24) is 15.1 Å². The molecule has 0 atom stereocenters. The van der Waals surface area contributed by atoms with Crippen molar-refractivity contribution >= 4 is 17.2 Å². The highest BCUT2D eigenvalue weighted by Crippen LogP contribution is 2.43. The van der Waals surface area contributed by atoms with Crippen LogP contribution in [-0.2, 0) is 0 Å². The highest BCUT2D eigenvalue weighted by molar-refractivity contribution is 7.11. The van der Waals surface area contributed by atoms with Gasteiger partial charge in [0.2, 0.25) is 0 Å². The zero-order valence-corrected chi connectivity index (χ0v) is 14.2. The fourth-order valence-electron chi connectivity index (χ4n) is 3.12. The van der Waals surface area contributed by atoms with Gasteiger partial charge in [0.05, 0.1) is 0 Å². The molecule has 1 aromatic carbocycles. The van der Waals surface area contributed by atoms with Crippen LogP contribution < -0.4 is 0 Å². The van der Waals surface area contributed by atoms with Gasteiger partial charge in [-0.3, -0.25) is 4.79 Å². The van der Waals surface area contributed by atoms with Crippen molar-refractivity contribution in [1.29, 1.82) is 0 Å². The minimum Gasteiger partial charge on any atom is -0.339 e. The SMILES string of the molecule is Cc1ccc(C(=O)N2CCC(c3nnc(C4CC4)s3)CC2)cc1. The third-order valence-electron chi connectivity index (χ3n) is 4.81. The lowest BCUT2D eigenvalue weighted by Crippen LogP contribution is -2.37. The summed E-state index contributed by atoms with van der Waals surface area (Å²) in [7, 11) is 0. The van der Waals surface area contributed by atoms with Crippen LogP contribution >= 0.6 is 11.3 Å². The van der Waals surface area contributed by atoms with Gasteiger partial charge in [0.15, 0.2) is 0 Å². The molecule has 2 aliphatic rings. The zero-order valence-electron chi connectivity index (χ0n) is 13.4. The minimum absolute atomic E-state index is 0.152. The van der Waals surface area contributed by atoms with Gasteiger partial charge in [0, 0.05) is 30.5 Å². The maximum absolute atomic E-state index is 12.6. The smallest absolute Gasteiger partial charge is 0.253 e. The number of aromatic nitrogens is 2. The molecule has 5 heteroatoms. The lowest BCUT2D eigenvalue weighted by atomic mass is 9.97. The molecule has 2 fully saturated rings. The Morgan fingerprint density at radius 2 is 1.57 bits per heavy atom. The minimum atomic E-state index is 0.152. The summed E-state index contributed by atoms with van der Waals surface area (Å²) in [4.78, 5) is 14.5. The number of rotatable bonds is 3. The van der Waals surface area contributed by atoms with Gasteiger partial charge in [-0.15, -0.1) is 21.5 Å². The Hall–Kier alpha value is -1.75. The Kier molecular flexibility index (Phi) is 3.89. The first-order valence-corrected chi connectivity index (χ1v) is 9.21. The first-order valence-electron chi connectivity index (χ1n) is 8.40. The number of hydrogen-bond donors (Lipinski definition) is 0. The number of hydrogen-bond acceptors (Lipinski definition) is 4. The molecule has 23 heavy (non-hydrogen) atoms. The van der Waals surface area contributed by atoms with Crippen molar-refractivity contribution in [2.45, 2.75) is 44.4 Å². The molecule has 1 aromatic heterocycles. The van der Waals surface area contributed by atoms with Crippen molar-refractivity contribution in [3.63, 3.8) is 0 Å². The summed E-state index contributed by atoms with van der Waals surface area (Å²) in [6.45, 7) is 3.67. The Morgan fingerprint density at radius 3 is 2.13 bits per heavy atom. The third-order valence-corrected chi connectivity index (χ3v) is 6.06. The Morgan fingerprint density at radius 1 is 1.00 bits per heavy atom. The Balaban J connectivity index is 1.38. The number of carbonyl (C=O) groups excluding carboxylic acids is 1. The first-order chi connectivity index (χ1) is 11.2. The van der Waals surface area contributed by atoms with Gasteiger partial charge in [-0.25, -0.2) is 0 Å². The van der Waals surface area contributed by atoms with Crippen molar-refractivity contribution in [3.05, 3.63) is 45.4 Å². The summed E-state index contributed by atoms with van der Waals surface area (Å²) < 4.78 is 0. The molecule has 120 valence electrons. The summed E-state index contributed by atoms with van der Waals surface area (Å²) in [5, 5.41) is 11.2. The number of piperidine rings is 1. The van der Waals surface area contributed by atoms with Crippen LogP contribution in [0, 0.1) is 6.92 Å². The number of benzene rings is 1. The molecule has 0 spiro atoms. The number of nitrogens with zero attached hydrogens (tertiary/aromatic N) is 3. The van der Waals surface area contributed by atoms with E-state index in [-0.39, 0.29) is 5.91 Å². The summed E-state index contributed by atoms with van der Waals surface area (Å²) in [5.41, 5.74) is 1.98. The second kappa shape index (κ2) is 6.04. The van der Waals surface area contributed by atoms with E-state index < -0.39 is 0 Å². The molecule has 1 aliphatic heterocycles. The highest BCUT2D eigenvalue weighted by Gasteiger charge is 2.30. The Bertz CT molecular complexity index is 697.